The predicted molar refractivity (Wildman–Crippen MR) is 563 cm³/mol. The quantitative estimate of drug-likeness (QED) is 0.0202. The number of aryl methyl sites for hydroxylation is 6. The number of nitrogens with zero attached hydrogens (tertiary/aromatic N) is 2. The predicted octanol–water partition coefficient (Wildman–Crippen LogP) is 33.3. The maximum absolute atomic E-state index is 13.3. The summed E-state index contributed by atoms with van der Waals surface area (Å²) in [5.41, 5.74) is 26.9. The molecule has 0 radical (unpaired) electrons. The molecule has 16 heteroatoms. The second-order valence-electron chi connectivity index (χ2n) is 35.5. The zero-order valence-corrected chi connectivity index (χ0v) is 84.0. The first-order valence-electron chi connectivity index (χ1n) is 47.5. The van der Waals surface area contributed by atoms with Gasteiger partial charge < -0.3 is 46.8 Å². The summed E-state index contributed by atoms with van der Waals surface area (Å²) in [7, 11) is -3.49. The van der Waals surface area contributed by atoms with Crippen molar-refractivity contribution in [2.75, 3.05) is 63.7 Å². The van der Waals surface area contributed by atoms with E-state index in [4.69, 9.17) is 37.0 Å². The number of carbonyl (C=O) groups excluding carboxylic acids is 2. The number of aldehydes is 2. The van der Waals surface area contributed by atoms with Crippen molar-refractivity contribution >= 4 is 98.3 Å². The third-order valence-corrected chi connectivity index (χ3v) is 27.9. The minimum atomic E-state index is -3.39. The number of anilines is 6. The standard InChI is InChI=1S/C62H65NO2.C29H25NO2.C27H50O8P2/c1-45(2)15-14-16-46(3)39-40-65-62-44-56(61(64-7)43-57(62)28-24-51-19-12-9-13-20-51)30-29-53-32-38-60(42-49(53)6)63(58-35-33-55(34-36-58)54-25-21-47(4)22-26-54)59-37-31-52(48(5)41-59)27-23-50-17-10-8-11-18-50;1-20-4-6-23(7-5-20)24-8-12-27(13-9-24)30(28-14-10-25(18-31)21(2)16-28)29-15-11-26(19-32)22(3)17-29;1-9-32-36(28,33-10-2)20-24-19-27(31-17-16-23(7)15-13-14-22(5)6)25(18-26(24)30-8)21-37(29,34-11-3)35-12-4/h8-13,17-38,41-46H,14-16,39-40H2,1-7H3;4-19H,1-3H3;18-19,22-23H,9-17,20-21H2,1-8H3. The smallest absolute Gasteiger partial charge is 0.335 e. The van der Waals surface area contributed by atoms with Crippen LogP contribution in [0.15, 0.2) is 255 Å². The molecule has 134 heavy (non-hydrogen) atoms. The summed E-state index contributed by atoms with van der Waals surface area (Å²) in [4.78, 5) is 27.1. The molecule has 14 nitrogen and oxygen atoms in total. The Bertz CT molecular complexity index is 5830. The largest absolute Gasteiger partial charge is 0.496 e. The van der Waals surface area contributed by atoms with Crippen LogP contribution < -0.4 is 28.7 Å². The lowest BCUT2D eigenvalue weighted by atomic mass is 9.97. The van der Waals surface area contributed by atoms with Gasteiger partial charge >= 0.3 is 15.2 Å². The molecule has 0 aliphatic heterocycles. The Morgan fingerprint density at radius 2 is 0.612 bits per heavy atom. The van der Waals surface area contributed by atoms with Crippen molar-refractivity contribution in [2.24, 2.45) is 23.7 Å². The van der Waals surface area contributed by atoms with Crippen molar-refractivity contribution < 1.29 is 55.8 Å². The van der Waals surface area contributed by atoms with Crippen LogP contribution in [0.2, 0.25) is 0 Å². The lowest BCUT2D eigenvalue weighted by Gasteiger charge is -2.27. The normalized spacial score (nSPS) is 12.1. The van der Waals surface area contributed by atoms with Crippen LogP contribution in [0.1, 0.15) is 219 Å². The van der Waals surface area contributed by atoms with Crippen molar-refractivity contribution in [2.45, 2.75) is 174 Å². The van der Waals surface area contributed by atoms with Crippen molar-refractivity contribution in [1.82, 2.24) is 0 Å². The number of hydrogen-bond acceptors (Lipinski definition) is 14. The van der Waals surface area contributed by atoms with Gasteiger partial charge in [0.2, 0.25) is 0 Å². The SMILES string of the molecule is CCOP(=O)(Cc1cc(OCCC(C)CCCC(C)C)c(CP(=O)(OCC)OCC)cc1OC)OCC.COc1cc(C=Cc2ccccc2)c(OCCC(C)CCCC(C)C)cc1C=Cc1ccc(N(c2ccc(-c3ccc(C)cc3)cc2)c2ccc(C=Cc3ccccc3)c(C)c2)cc1C.Cc1ccc(-c2ccc(N(c3ccc(C=O)c(C)c3)c3ccc(C=O)c(C)c3)cc2)cc1. The first kappa shape index (κ1) is 104. The Morgan fingerprint density at radius 3 is 0.963 bits per heavy atom. The second kappa shape index (κ2) is 52.8. The Morgan fingerprint density at radius 1 is 0.306 bits per heavy atom. The summed E-state index contributed by atoms with van der Waals surface area (Å²) in [6, 6.07) is 88.3. The summed E-state index contributed by atoms with van der Waals surface area (Å²) in [6.07, 6.45) is 24.1. The number of methoxy groups -OCH3 is 2. The summed E-state index contributed by atoms with van der Waals surface area (Å²) >= 11 is 0. The van der Waals surface area contributed by atoms with Crippen molar-refractivity contribution in [1.29, 1.82) is 0 Å². The molecule has 704 valence electrons. The molecule has 0 saturated carbocycles. The Balaban J connectivity index is 0.000000228. The van der Waals surface area contributed by atoms with Crippen LogP contribution in [0.3, 0.4) is 0 Å². The molecular formula is C118H140N2O12P2. The van der Waals surface area contributed by atoms with Crippen LogP contribution in [0.5, 0.6) is 23.0 Å². The van der Waals surface area contributed by atoms with Gasteiger partial charge in [0.15, 0.2) is 0 Å². The van der Waals surface area contributed by atoms with E-state index in [-0.39, 0.29) is 38.8 Å². The lowest BCUT2D eigenvalue weighted by Crippen LogP contribution is -2.11. The van der Waals surface area contributed by atoms with Crippen LogP contribution in [0.4, 0.5) is 34.1 Å². The maximum atomic E-state index is 13.3. The van der Waals surface area contributed by atoms with Crippen LogP contribution in [0, 0.1) is 65.2 Å². The molecule has 12 aromatic rings. The molecule has 0 N–H and O–H groups in total. The summed E-state index contributed by atoms with van der Waals surface area (Å²) in [6.45, 7) is 35.5. The fourth-order valence-electron chi connectivity index (χ4n) is 16.1. The molecule has 0 heterocycles. The molecule has 12 rings (SSSR count). The van der Waals surface area contributed by atoms with Gasteiger partial charge in [-0.25, -0.2) is 0 Å². The van der Waals surface area contributed by atoms with Crippen LogP contribution in [-0.2, 0) is 39.5 Å². The van der Waals surface area contributed by atoms with E-state index >= 15 is 0 Å². The molecule has 0 aromatic heterocycles. The Labute approximate surface area is 799 Å². The monoisotopic (exact) mass is 1840 g/mol. The highest BCUT2D eigenvalue weighted by Crippen LogP contribution is 2.56. The van der Waals surface area contributed by atoms with E-state index in [9.17, 15) is 18.7 Å². The molecule has 0 amide bonds. The highest BCUT2D eigenvalue weighted by Gasteiger charge is 2.31. The third-order valence-electron chi connectivity index (χ3n) is 23.8. The van der Waals surface area contributed by atoms with Gasteiger partial charge in [0.05, 0.1) is 66.2 Å². The minimum Gasteiger partial charge on any atom is -0.496 e. The van der Waals surface area contributed by atoms with Gasteiger partial charge in [0.1, 0.15) is 35.6 Å². The highest BCUT2D eigenvalue weighted by molar-refractivity contribution is 7.53. The topological polar surface area (TPSA) is 149 Å². The molecule has 0 fully saturated rings. The zero-order valence-electron chi connectivity index (χ0n) is 82.2. The van der Waals surface area contributed by atoms with Gasteiger partial charge in [-0.05, 0) is 282 Å². The summed E-state index contributed by atoms with van der Waals surface area (Å²) < 4.78 is 73.2. The fraction of sp³-hybridized carbons (Fsp3) is 0.322. The van der Waals surface area contributed by atoms with Crippen molar-refractivity contribution in [3.8, 4) is 45.3 Å². The summed E-state index contributed by atoms with van der Waals surface area (Å²) in [5.74, 6) is 5.28. The van der Waals surface area contributed by atoms with Gasteiger partial charge in [-0.15, -0.1) is 0 Å². The minimum absolute atomic E-state index is 0.0364. The van der Waals surface area contributed by atoms with Gasteiger partial charge in [-0.3, -0.25) is 18.7 Å². The van der Waals surface area contributed by atoms with E-state index < -0.39 is 15.2 Å². The highest BCUT2D eigenvalue weighted by atomic mass is 31.2. The lowest BCUT2D eigenvalue weighted by molar-refractivity contribution is 0.111. The zero-order chi connectivity index (χ0) is 96.1. The first-order chi connectivity index (χ1) is 64.7. The number of ether oxygens (including phenoxy) is 4. The first-order valence-corrected chi connectivity index (χ1v) is 51.0. The molecule has 0 aliphatic rings. The molecule has 12 aromatic carbocycles. The number of rotatable bonds is 46. The van der Waals surface area contributed by atoms with Crippen molar-refractivity contribution in [3.63, 3.8) is 0 Å². The number of hydrogen-bond donors (Lipinski definition) is 0. The van der Waals surface area contributed by atoms with Gasteiger partial charge in [0, 0.05) is 67.5 Å². The van der Waals surface area contributed by atoms with Gasteiger partial charge in [-0.2, -0.15) is 0 Å². The molecule has 0 saturated heterocycles. The molecule has 2 unspecified atom stereocenters. The van der Waals surface area contributed by atoms with E-state index in [1.54, 1.807) is 54.0 Å². The number of benzene rings is 12. The summed E-state index contributed by atoms with van der Waals surface area (Å²) in [5, 5.41) is 0. The van der Waals surface area contributed by atoms with Crippen molar-refractivity contribution in [3.05, 3.63) is 344 Å². The average Bonchev–Trinajstić information content (AvgIpc) is 0.798. The number of carbonyl (C=O) groups is 2. The Kier molecular flexibility index (Phi) is 41.1. The fourth-order valence-corrected chi connectivity index (χ4v) is 19.5. The molecule has 0 bridgehead atoms. The Hall–Kier alpha value is -11.7. The molecule has 2 atom stereocenters. The molecule has 0 spiro atoms. The van der Waals surface area contributed by atoms with Crippen LogP contribution >= 0.6 is 15.2 Å². The van der Waals surface area contributed by atoms with E-state index in [1.807, 2.05) is 56.3 Å². The van der Waals surface area contributed by atoms with E-state index in [0.717, 1.165) is 122 Å². The van der Waals surface area contributed by atoms with Crippen LogP contribution in [-0.4, -0.2) is 66.4 Å². The van der Waals surface area contributed by atoms with E-state index in [1.165, 1.54) is 82.2 Å². The average molecular weight is 1840 g/mol. The second-order valence-corrected chi connectivity index (χ2v) is 39.6. The van der Waals surface area contributed by atoms with Crippen LogP contribution in [0.25, 0.3) is 58.7 Å². The molecular weight excluding hydrogens is 1700 g/mol. The van der Waals surface area contributed by atoms with E-state index in [0.29, 0.717) is 64.7 Å². The van der Waals surface area contributed by atoms with Gasteiger partial charge in [-0.1, -0.05) is 273 Å². The molecule has 0 aliphatic carbocycles. The maximum Gasteiger partial charge on any atom is 0.335 e. The van der Waals surface area contributed by atoms with Gasteiger partial charge in [0.25, 0.3) is 0 Å². The third kappa shape index (κ3) is 31.5. The van der Waals surface area contributed by atoms with E-state index in [2.05, 4.69) is 316 Å².